The molecule has 2 aliphatic rings. The number of benzene rings is 11. The highest BCUT2D eigenvalue weighted by molar-refractivity contribution is 5.95. The molecule has 1 aromatic heterocycles. The van der Waals surface area contributed by atoms with Gasteiger partial charge in [-0.1, -0.05) is 206 Å². The molecule has 0 bridgehead atoms. The van der Waals surface area contributed by atoms with Crippen molar-refractivity contribution in [2.75, 3.05) is 9.80 Å². The maximum Gasteiger partial charge on any atom is 0.164 e. The lowest BCUT2D eigenvalue weighted by Gasteiger charge is -2.49. The zero-order valence-electron chi connectivity index (χ0n) is 41.3. The van der Waals surface area contributed by atoms with E-state index >= 15 is 0 Å². The quantitative estimate of drug-likeness (QED) is 0.144. The Morgan fingerprint density at radius 1 is 0.316 bits per heavy atom. The van der Waals surface area contributed by atoms with Crippen LogP contribution in [0.2, 0.25) is 0 Å². The van der Waals surface area contributed by atoms with Crippen LogP contribution in [0.5, 0.6) is 11.5 Å². The van der Waals surface area contributed by atoms with Gasteiger partial charge in [-0.2, -0.15) is 0 Å². The van der Waals surface area contributed by atoms with E-state index in [9.17, 15) is 0 Å². The standard InChI is InChI=1S/C70H47N5O/c1-6-22-48(23-7-1)49-38-41-55(42-39-49)74(62-35-19-16-32-57(62)50-24-8-2-9-25-50)56-43-45-64-61(47-56)70(58-33-17-20-36-65(58)76-66-37-21-18-34-59(66)70)60-46-53(40-44-63(60)75(64)54-30-14-5-15-31-54)69-72-67(51-26-10-3-11-27-51)71-68(73-69)52-28-12-4-13-29-52/h1-47H. The van der Waals surface area contributed by atoms with Crippen molar-refractivity contribution in [2.45, 2.75) is 5.41 Å². The van der Waals surface area contributed by atoms with Crippen molar-refractivity contribution in [2.24, 2.45) is 0 Å². The van der Waals surface area contributed by atoms with E-state index in [4.69, 9.17) is 19.7 Å². The molecule has 0 atom stereocenters. The first-order valence-corrected chi connectivity index (χ1v) is 25.7. The number of hydrogen-bond acceptors (Lipinski definition) is 6. The van der Waals surface area contributed by atoms with Gasteiger partial charge in [-0.05, 0) is 107 Å². The van der Waals surface area contributed by atoms with Crippen molar-refractivity contribution in [1.82, 2.24) is 15.0 Å². The molecule has 0 aliphatic carbocycles. The van der Waals surface area contributed by atoms with Crippen molar-refractivity contribution in [1.29, 1.82) is 0 Å². The van der Waals surface area contributed by atoms with E-state index in [1.54, 1.807) is 0 Å². The zero-order valence-corrected chi connectivity index (χ0v) is 41.3. The Morgan fingerprint density at radius 3 is 1.33 bits per heavy atom. The van der Waals surface area contributed by atoms with E-state index < -0.39 is 5.41 Å². The Labute approximate surface area is 442 Å². The number of aromatic nitrogens is 3. The minimum atomic E-state index is -0.924. The molecule has 12 aromatic rings. The third-order valence-corrected chi connectivity index (χ3v) is 14.8. The summed E-state index contributed by atoms with van der Waals surface area (Å²) in [5.41, 5.74) is 16.8. The topological polar surface area (TPSA) is 54.4 Å². The molecule has 1 spiro atoms. The molecule has 358 valence electrons. The predicted molar refractivity (Wildman–Crippen MR) is 308 cm³/mol. The van der Waals surface area contributed by atoms with Gasteiger partial charge in [0.05, 0.1) is 22.5 Å². The van der Waals surface area contributed by atoms with Gasteiger partial charge in [0.1, 0.15) is 11.5 Å². The van der Waals surface area contributed by atoms with Gasteiger partial charge >= 0.3 is 0 Å². The molecule has 0 radical (unpaired) electrons. The first kappa shape index (κ1) is 44.5. The fraction of sp³-hybridized carbons (Fsp3) is 0.0143. The normalized spacial score (nSPS) is 12.7. The highest BCUT2D eigenvalue weighted by Crippen LogP contribution is 2.64. The third-order valence-electron chi connectivity index (χ3n) is 14.8. The van der Waals surface area contributed by atoms with Crippen LogP contribution in [-0.2, 0) is 5.41 Å². The van der Waals surface area contributed by atoms with Crippen molar-refractivity contribution in [3.63, 3.8) is 0 Å². The van der Waals surface area contributed by atoms with E-state index in [0.717, 1.165) is 101 Å². The van der Waals surface area contributed by atoms with Crippen LogP contribution in [0.25, 0.3) is 56.4 Å². The number of fused-ring (bicyclic) bond motifs is 8. The summed E-state index contributed by atoms with van der Waals surface area (Å²) in [6.45, 7) is 0. The van der Waals surface area contributed by atoms with Crippen LogP contribution in [0, 0.1) is 0 Å². The molecule has 0 fully saturated rings. The van der Waals surface area contributed by atoms with Gasteiger partial charge in [-0.3, -0.25) is 0 Å². The van der Waals surface area contributed by atoms with Crippen LogP contribution in [0.15, 0.2) is 285 Å². The minimum absolute atomic E-state index is 0.577. The van der Waals surface area contributed by atoms with Crippen LogP contribution in [0.3, 0.4) is 0 Å². The van der Waals surface area contributed by atoms with Gasteiger partial charge < -0.3 is 14.5 Å². The van der Waals surface area contributed by atoms with Crippen molar-refractivity contribution in [3.8, 4) is 67.9 Å². The monoisotopic (exact) mass is 973 g/mol. The summed E-state index contributed by atoms with van der Waals surface area (Å²) < 4.78 is 6.96. The fourth-order valence-corrected chi connectivity index (χ4v) is 11.4. The van der Waals surface area contributed by atoms with E-state index in [0.29, 0.717) is 17.5 Å². The number of rotatable bonds is 9. The first-order valence-electron chi connectivity index (χ1n) is 25.7. The maximum absolute atomic E-state index is 6.96. The molecule has 76 heavy (non-hydrogen) atoms. The molecule has 0 amide bonds. The lowest BCUT2D eigenvalue weighted by molar-refractivity contribution is 0.434. The molecule has 0 saturated heterocycles. The first-order chi connectivity index (χ1) is 37.7. The number of hydrogen-bond donors (Lipinski definition) is 0. The molecule has 0 saturated carbocycles. The van der Waals surface area contributed by atoms with E-state index in [-0.39, 0.29) is 0 Å². The molecule has 2 aliphatic heterocycles. The molecular weight excluding hydrogens is 927 g/mol. The number of ether oxygens (including phenoxy) is 1. The van der Waals surface area contributed by atoms with Gasteiger partial charge in [0.25, 0.3) is 0 Å². The molecule has 0 unspecified atom stereocenters. The molecular formula is C70H47N5O. The van der Waals surface area contributed by atoms with E-state index in [1.807, 2.05) is 36.4 Å². The second kappa shape index (κ2) is 18.7. The SMILES string of the molecule is c1ccc(-c2ccc(N(c3ccc4c(c3)C3(c5ccccc5Oc5ccccc53)c3cc(-c5nc(-c6ccccc6)nc(-c6ccccc6)n5)ccc3N4c3ccccc3)c3ccccc3-c3ccccc3)cc2)cc1. The van der Waals surface area contributed by atoms with E-state index in [1.165, 1.54) is 5.56 Å². The summed E-state index contributed by atoms with van der Waals surface area (Å²) in [7, 11) is 0. The fourth-order valence-electron chi connectivity index (χ4n) is 11.4. The average Bonchev–Trinajstić information content (AvgIpc) is 3.56. The lowest BCUT2D eigenvalue weighted by Crippen LogP contribution is -2.40. The van der Waals surface area contributed by atoms with Gasteiger partial charge in [0, 0.05) is 50.4 Å². The summed E-state index contributed by atoms with van der Waals surface area (Å²) in [5.74, 6) is 3.37. The highest BCUT2D eigenvalue weighted by Gasteiger charge is 2.52. The van der Waals surface area contributed by atoms with Gasteiger partial charge in [-0.25, -0.2) is 15.0 Å². The van der Waals surface area contributed by atoms with Crippen molar-refractivity contribution in [3.05, 3.63) is 307 Å². The Balaban J connectivity index is 1.07. The van der Waals surface area contributed by atoms with Gasteiger partial charge in [-0.15, -0.1) is 0 Å². The summed E-state index contributed by atoms with van der Waals surface area (Å²) in [6, 6.07) is 101. The highest BCUT2D eigenvalue weighted by atomic mass is 16.5. The summed E-state index contributed by atoms with van der Waals surface area (Å²) in [6.07, 6.45) is 0. The Bertz CT molecular complexity index is 3970. The van der Waals surface area contributed by atoms with Crippen LogP contribution in [0.4, 0.5) is 34.1 Å². The van der Waals surface area contributed by atoms with Crippen LogP contribution < -0.4 is 14.5 Å². The summed E-state index contributed by atoms with van der Waals surface area (Å²) >= 11 is 0. The summed E-state index contributed by atoms with van der Waals surface area (Å²) in [5, 5.41) is 0. The number of nitrogens with zero attached hydrogens (tertiary/aromatic N) is 5. The smallest absolute Gasteiger partial charge is 0.164 e. The second-order valence-corrected chi connectivity index (χ2v) is 19.1. The number of anilines is 6. The van der Waals surface area contributed by atoms with Crippen LogP contribution in [0.1, 0.15) is 22.3 Å². The number of para-hydroxylation sites is 4. The molecule has 6 nitrogen and oxygen atoms in total. The summed E-state index contributed by atoms with van der Waals surface area (Å²) in [4.78, 5) is 20.5. The molecule has 14 rings (SSSR count). The average molecular weight is 974 g/mol. The minimum Gasteiger partial charge on any atom is -0.457 e. The zero-order chi connectivity index (χ0) is 50.4. The third kappa shape index (κ3) is 7.54. The molecule has 3 heterocycles. The maximum atomic E-state index is 6.96. The van der Waals surface area contributed by atoms with Crippen LogP contribution in [-0.4, -0.2) is 15.0 Å². The Hall–Kier alpha value is -10.2. The molecule has 11 aromatic carbocycles. The Morgan fingerprint density at radius 2 is 0.737 bits per heavy atom. The molecule has 0 N–H and O–H groups in total. The Kier molecular flexibility index (Phi) is 11.0. The largest absolute Gasteiger partial charge is 0.457 e. The van der Waals surface area contributed by atoms with Crippen molar-refractivity contribution < 1.29 is 4.74 Å². The second-order valence-electron chi connectivity index (χ2n) is 19.1. The van der Waals surface area contributed by atoms with Gasteiger partial charge in [0.15, 0.2) is 17.5 Å². The van der Waals surface area contributed by atoms with Gasteiger partial charge in [0.2, 0.25) is 0 Å². The molecule has 6 heteroatoms. The van der Waals surface area contributed by atoms with Crippen LogP contribution >= 0.6 is 0 Å². The van der Waals surface area contributed by atoms with Crippen molar-refractivity contribution >= 4 is 34.1 Å². The lowest BCUT2D eigenvalue weighted by atomic mass is 9.61. The predicted octanol–water partition coefficient (Wildman–Crippen LogP) is 17.9. The van der Waals surface area contributed by atoms with E-state index in [2.05, 4.69) is 259 Å².